The highest BCUT2D eigenvalue weighted by Gasteiger charge is 1.27. The van der Waals surface area contributed by atoms with Crippen molar-refractivity contribution >= 4 is 12.3 Å². The van der Waals surface area contributed by atoms with E-state index in [-0.39, 0.29) is 24.6 Å². The maximum absolute atomic E-state index is 8.33. The highest BCUT2D eigenvalue weighted by Crippen LogP contribution is 1.21. The summed E-state index contributed by atoms with van der Waals surface area (Å²) < 4.78 is 0. The van der Waals surface area contributed by atoms with Crippen molar-refractivity contribution in [2.45, 2.75) is 0 Å². The Bertz CT molecular complexity index is 78.8. The van der Waals surface area contributed by atoms with Crippen molar-refractivity contribution in [1.29, 1.82) is 0 Å². The molecule has 0 bridgehead atoms. The molecule has 16 heavy (non-hydrogen) atoms. The lowest BCUT2D eigenvalue weighted by atomic mass is 11.5. The van der Waals surface area contributed by atoms with Gasteiger partial charge in [0.15, 0.2) is 0 Å². The molecule has 0 aliphatic heterocycles. The van der Waals surface area contributed by atoms with Crippen LogP contribution in [0.25, 0.3) is 0 Å². The van der Waals surface area contributed by atoms with E-state index in [1.54, 1.807) is 0 Å². The lowest BCUT2D eigenvalue weighted by Crippen LogP contribution is -2.37. The molecule has 108 valence electrons. The summed E-state index contributed by atoms with van der Waals surface area (Å²) in [6.45, 7) is 0. The van der Waals surface area contributed by atoms with Gasteiger partial charge in [0.2, 0.25) is 0 Å². The van der Waals surface area contributed by atoms with Crippen LogP contribution in [-0.2, 0) is 0 Å². The number of carbonyl (C=O) groups excluding carboxylic acids is 2. The molecular formula is C2H20N4O10. The quantitative estimate of drug-likeness (QED) is 0.157. The van der Waals surface area contributed by atoms with Crippen LogP contribution < -0.4 is 45.0 Å². The highest BCUT2D eigenvalue weighted by molar-refractivity contribution is 5.47. The third-order valence-corrected chi connectivity index (χ3v) is 0. The van der Waals surface area contributed by atoms with E-state index in [2.05, 4.69) is 0 Å². The minimum atomic E-state index is -2.33. The van der Waals surface area contributed by atoms with Crippen molar-refractivity contribution in [3.05, 3.63) is 0 Å². The van der Waals surface area contributed by atoms with Gasteiger partial charge in [0, 0.05) is 0 Å². The van der Waals surface area contributed by atoms with E-state index >= 15 is 0 Å². The first kappa shape index (κ1) is 64.2. The fourth-order valence-corrected chi connectivity index (χ4v) is 0. The molecular weight excluding hydrogens is 240 g/mol. The number of rotatable bonds is 0. The van der Waals surface area contributed by atoms with Gasteiger partial charge in [-0.25, -0.2) is 0 Å². The zero-order valence-corrected chi connectivity index (χ0v) is 9.24. The molecule has 0 rings (SSSR count). The van der Waals surface area contributed by atoms with Gasteiger partial charge in [-0.15, -0.1) is 0 Å². The van der Waals surface area contributed by atoms with Crippen LogP contribution in [0, 0.1) is 0 Å². The molecule has 0 aromatic carbocycles. The summed E-state index contributed by atoms with van der Waals surface area (Å²) in [7, 11) is 0. The molecule has 0 fully saturated rings. The van der Waals surface area contributed by atoms with Crippen LogP contribution in [0.3, 0.4) is 0 Å². The lowest BCUT2D eigenvalue weighted by Gasteiger charge is -1.96. The second kappa shape index (κ2) is 111. The minimum absolute atomic E-state index is 0. The Morgan fingerprint density at radius 2 is 0.562 bits per heavy atom. The largest absolute Gasteiger partial charge is 0.652 e. The Morgan fingerprint density at radius 1 is 0.562 bits per heavy atom. The zero-order valence-electron chi connectivity index (χ0n) is 9.24. The molecule has 0 aliphatic carbocycles. The predicted molar refractivity (Wildman–Crippen MR) is 45.2 cm³/mol. The first-order valence-corrected chi connectivity index (χ1v) is 1.62. The molecule has 0 atom stereocenters. The number of hydrogen-bond acceptors (Lipinski definition) is 10. The number of hydrogen-bond donors (Lipinski definition) is 8. The Labute approximate surface area is 89.2 Å². The van der Waals surface area contributed by atoms with Gasteiger partial charge in [-0.3, -0.25) is 21.0 Å². The number of carbonyl (C=O) groups is 2. The van der Waals surface area contributed by atoms with E-state index in [1.807, 2.05) is 0 Å². The normalized spacial score (nSPS) is 3.75. The van der Waals surface area contributed by atoms with Crippen LogP contribution in [-0.4, -0.2) is 33.3 Å². The van der Waals surface area contributed by atoms with Gasteiger partial charge in [-0.05, 0) is 12.3 Å². The smallest absolute Gasteiger partial charge is 0.0431 e. The zero-order chi connectivity index (χ0) is 11.2. The molecule has 0 saturated heterocycles. The summed E-state index contributed by atoms with van der Waals surface area (Å²) in [4.78, 5) is 16.7. The number of carboxylic acid groups (broad SMARTS) is 4. The van der Waals surface area contributed by atoms with Crippen LogP contribution in [0.15, 0.2) is 0 Å². The van der Waals surface area contributed by atoms with Gasteiger partial charge in [0.05, 0.1) is 0 Å². The second-order valence-corrected chi connectivity index (χ2v) is 0.500. The molecule has 20 N–H and O–H groups in total. The fourth-order valence-electron chi connectivity index (χ4n) is 0. The maximum Gasteiger partial charge on any atom is -0.0431 e. The van der Waals surface area contributed by atoms with Crippen molar-refractivity contribution in [3.8, 4) is 0 Å². The molecule has 0 radical (unpaired) electrons. The van der Waals surface area contributed by atoms with E-state index in [4.69, 9.17) is 51.0 Å². The second-order valence-electron chi connectivity index (χ2n) is 0.500. The lowest BCUT2D eigenvalue weighted by molar-refractivity contribution is -0.417. The summed E-state index contributed by atoms with van der Waals surface area (Å²) in [6, 6.07) is 0. The third kappa shape index (κ3) is 486. The van der Waals surface area contributed by atoms with E-state index in [0.717, 1.165) is 0 Å². The topological polar surface area (TPSA) is 353 Å². The molecule has 0 aliphatic rings. The van der Waals surface area contributed by atoms with Crippen molar-refractivity contribution in [3.63, 3.8) is 0 Å². The van der Waals surface area contributed by atoms with Crippen LogP contribution in [0.1, 0.15) is 0 Å². The Morgan fingerprint density at radius 3 is 0.562 bits per heavy atom. The van der Waals surface area contributed by atoms with E-state index in [1.165, 1.54) is 0 Å². The van der Waals surface area contributed by atoms with Gasteiger partial charge in [-0.2, -0.15) is 0 Å². The summed E-state index contributed by atoms with van der Waals surface area (Å²) in [5.41, 5.74) is 0. The van der Waals surface area contributed by atoms with Gasteiger partial charge < -0.3 is 54.6 Å². The third-order valence-electron chi connectivity index (χ3n) is 0. The Balaban J connectivity index is -0.00000000857. The van der Waals surface area contributed by atoms with E-state index in [0.29, 0.717) is 0 Å². The average Bonchev–Trinajstić information content (AvgIpc) is 1.93. The van der Waals surface area contributed by atoms with Crippen molar-refractivity contribution < 1.29 is 51.0 Å². The monoisotopic (exact) mass is 260 g/mol. The van der Waals surface area contributed by atoms with E-state index in [9.17, 15) is 0 Å². The molecule has 0 spiro atoms. The van der Waals surface area contributed by atoms with Crippen LogP contribution in [0.2, 0.25) is 0 Å². The fraction of sp³-hybridized carbons (Fsp3) is 0. The Hall–Kier alpha value is -1.78. The van der Waals surface area contributed by atoms with Gasteiger partial charge in [-0.1, -0.05) is 0 Å². The van der Waals surface area contributed by atoms with Crippen molar-refractivity contribution in [2.24, 2.45) is 0 Å². The van der Waals surface area contributed by atoms with Crippen LogP contribution in [0.5, 0.6) is 0 Å². The summed E-state index contributed by atoms with van der Waals surface area (Å²) in [5.74, 6) is 0. The van der Waals surface area contributed by atoms with Gasteiger partial charge in [0.25, 0.3) is 0 Å². The first-order valence-electron chi connectivity index (χ1n) is 1.62. The highest BCUT2D eigenvalue weighted by atomic mass is 17.0. The molecule has 0 saturated carbocycles. The van der Waals surface area contributed by atoms with Gasteiger partial charge >= 0.3 is 0 Å². The molecule has 0 aromatic rings. The molecule has 0 amide bonds. The van der Waals surface area contributed by atoms with Crippen LogP contribution >= 0.6 is 0 Å². The molecule has 14 nitrogen and oxygen atoms in total. The molecule has 0 unspecified atom stereocenters. The SMILES string of the molecule is O=C([O-])[O-].O=C([O-])[O-].OO.OO.[NH4+].[NH4+].[NH4+].[NH4+]. The van der Waals surface area contributed by atoms with Crippen LogP contribution in [0.4, 0.5) is 9.59 Å². The van der Waals surface area contributed by atoms with Gasteiger partial charge in [0.1, 0.15) is 0 Å². The standard InChI is InChI=1S/2CH2O3.4H3N.2H2O2/c2*2-1(3)4;;;;;2*1-2/h2*(H2,2,3,4);4*1H3;2*1-2H. The van der Waals surface area contributed by atoms with Crippen molar-refractivity contribution in [1.82, 2.24) is 24.6 Å². The maximum atomic E-state index is 8.33. The van der Waals surface area contributed by atoms with Crippen molar-refractivity contribution in [2.75, 3.05) is 0 Å². The molecule has 14 heteroatoms. The summed E-state index contributed by atoms with van der Waals surface area (Å²) in [5, 5.41) is 57.3. The molecule has 0 heterocycles. The molecule has 0 aromatic heterocycles. The Kier molecular flexibility index (Phi) is 445. The average molecular weight is 260 g/mol. The first-order chi connectivity index (χ1) is 5.46. The summed E-state index contributed by atoms with van der Waals surface area (Å²) in [6.07, 6.45) is -4.67. The predicted octanol–water partition coefficient (Wildman–Crippen LogP) is -3.35. The minimum Gasteiger partial charge on any atom is -0.652 e. The number of quaternary nitrogens is 4. The van der Waals surface area contributed by atoms with E-state index < -0.39 is 12.3 Å². The summed E-state index contributed by atoms with van der Waals surface area (Å²) >= 11 is 0.